The number of aromatic amines is 1. The lowest BCUT2D eigenvalue weighted by molar-refractivity contribution is 0.631. The molecule has 0 fully saturated rings. The normalized spacial score (nSPS) is 10.4. The van der Waals surface area contributed by atoms with Crippen molar-refractivity contribution in [2.75, 3.05) is 0 Å². The van der Waals surface area contributed by atoms with Crippen molar-refractivity contribution in [3.8, 4) is 28.6 Å². The molecule has 2 aliphatic heterocycles. The molecule has 0 aliphatic carbocycles. The van der Waals surface area contributed by atoms with Crippen molar-refractivity contribution >= 4 is 0 Å². The number of hydrogen-bond acceptors (Lipinski definition) is 2. The highest BCUT2D eigenvalue weighted by Gasteiger charge is 2.20. The Morgan fingerprint density at radius 1 is 1.17 bits per heavy atom. The number of H-pyrrole nitrogens is 1. The van der Waals surface area contributed by atoms with Crippen molar-refractivity contribution in [3.63, 3.8) is 0 Å². The maximum atomic E-state index is 13.8. The molecule has 1 aromatic carbocycles. The maximum absolute atomic E-state index is 13.8. The zero-order valence-electron chi connectivity index (χ0n) is 9.31. The van der Waals surface area contributed by atoms with Gasteiger partial charge in [0, 0.05) is 23.5 Å². The fourth-order valence-electron chi connectivity index (χ4n) is 1.99. The summed E-state index contributed by atoms with van der Waals surface area (Å²) in [5, 5.41) is 9.23. The van der Waals surface area contributed by atoms with Gasteiger partial charge in [0.15, 0.2) is 0 Å². The van der Waals surface area contributed by atoms with E-state index in [2.05, 4.69) is 16.0 Å². The minimum Gasteiger partial charge on any atom is -0.366 e. The standard InChI is InChI=1S/C14H8FN3/c15-12-4-2-1-3-10(12)14-11(7-16)9-5-6-17-8-13(9)18-14/h1-6,8,17H. The van der Waals surface area contributed by atoms with Gasteiger partial charge in [-0.05, 0) is 18.2 Å². The molecule has 2 heterocycles. The van der Waals surface area contributed by atoms with Gasteiger partial charge in [-0.25, -0.2) is 9.37 Å². The Bertz CT molecular complexity index is 724. The minimum absolute atomic E-state index is 0.352. The van der Waals surface area contributed by atoms with E-state index in [1.807, 2.05) is 0 Å². The summed E-state index contributed by atoms with van der Waals surface area (Å²) in [6.45, 7) is 0. The molecule has 0 aromatic heterocycles. The van der Waals surface area contributed by atoms with Gasteiger partial charge in [-0.3, -0.25) is 0 Å². The Morgan fingerprint density at radius 2 is 2.00 bits per heavy atom. The Kier molecular flexibility index (Phi) is 2.31. The van der Waals surface area contributed by atoms with E-state index in [0.29, 0.717) is 22.5 Å². The summed E-state index contributed by atoms with van der Waals surface area (Å²) in [5.74, 6) is -0.374. The van der Waals surface area contributed by atoms with E-state index in [0.717, 1.165) is 5.56 Å². The molecule has 0 saturated heterocycles. The van der Waals surface area contributed by atoms with E-state index in [1.54, 1.807) is 36.7 Å². The van der Waals surface area contributed by atoms with Crippen LogP contribution in [0.1, 0.15) is 5.56 Å². The van der Waals surface area contributed by atoms with Crippen LogP contribution < -0.4 is 0 Å². The average Bonchev–Trinajstić information content (AvgIpc) is 2.77. The summed E-state index contributed by atoms with van der Waals surface area (Å²) in [5.41, 5.74) is 2.54. The van der Waals surface area contributed by atoms with Gasteiger partial charge in [0.25, 0.3) is 0 Å². The molecule has 1 N–H and O–H groups in total. The van der Waals surface area contributed by atoms with E-state index < -0.39 is 0 Å². The van der Waals surface area contributed by atoms with Crippen molar-refractivity contribution in [1.29, 1.82) is 5.26 Å². The molecule has 1 aromatic rings. The van der Waals surface area contributed by atoms with Gasteiger partial charge in [0.1, 0.15) is 11.9 Å². The molecule has 18 heavy (non-hydrogen) atoms. The molecule has 0 unspecified atom stereocenters. The molecule has 3 nitrogen and oxygen atoms in total. The quantitative estimate of drug-likeness (QED) is 0.706. The lowest BCUT2D eigenvalue weighted by atomic mass is 10.0. The first-order valence-corrected chi connectivity index (χ1v) is 5.43. The number of aromatic nitrogens is 2. The molecule has 2 aliphatic rings. The van der Waals surface area contributed by atoms with Crippen LogP contribution in [0.3, 0.4) is 0 Å². The highest BCUT2D eigenvalue weighted by Crippen LogP contribution is 2.34. The van der Waals surface area contributed by atoms with Crippen LogP contribution in [0.25, 0.3) is 22.5 Å². The van der Waals surface area contributed by atoms with Crippen molar-refractivity contribution in [1.82, 2.24) is 9.97 Å². The summed E-state index contributed by atoms with van der Waals surface area (Å²) in [7, 11) is 0. The van der Waals surface area contributed by atoms with E-state index in [9.17, 15) is 9.65 Å². The fraction of sp³-hybridized carbons (Fsp3) is 0. The van der Waals surface area contributed by atoms with Gasteiger partial charge in [-0.1, -0.05) is 12.1 Å². The first kappa shape index (κ1) is 10.5. The zero-order valence-corrected chi connectivity index (χ0v) is 9.31. The number of hydrogen-bond donors (Lipinski definition) is 1. The number of pyridine rings is 1. The molecule has 0 radical (unpaired) electrons. The Hall–Kier alpha value is -2.67. The minimum atomic E-state index is -0.374. The Labute approximate surface area is 103 Å². The fourth-order valence-corrected chi connectivity index (χ4v) is 1.99. The van der Waals surface area contributed by atoms with Gasteiger partial charge in [-0.15, -0.1) is 0 Å². The molecule has 3 rings (SSSR count). The van der Waals surface area contributed by atoms with Crippen molar-refractivity contribution in [3.05, 3.63) is 54.1 Å². The number of nitriles is 1. The second-order valence-corrected chi connectivity index (χ2v) is 3.87. The monoisotopic (exact) mass is 237 g/mol. The lowest BCUT2D eigenvalue weighted by Gasteiger charge is -1.99. The van der Waals surface area contributed by atoms with Crippen LogP contribution in [-0.4, -0.2) is 9.97 Å². The van der Waals surface area contributed by atoms with Gasteiger partial charge < -0.3 is 4.98 Å². The third-order valence-corrected chi connectivity index (χ3v) is 2.82. The molecular formula is C14H8FN3. The van der Waals surface area contributed by atoms with Crippen molar-refractivity contribution in [2.24, 2.45) is 0 Å². The SMILES string of the molecule is N#Cc1c2cc[nH]cc-2nc1-c1ccccc1F. The first-order chi connectivity index (χ1) is 8.81. The van der Waals surface area contributed by atoms with E-state index in [4.69, 9.17) is 0 Å². The number of halogens is 1. The summed E-state index contributed by atoms with van der Waals surface area (Å²) < 4.78 is 13.8. The summed E-state index contributed by atoms with van der Waals surface area (Å²) in [6.07, 6.45) is 3.41. The predicted octanol–water partition coefficient (Wildman–Crippen LogP) is 3.19. The van der Waals surface area contributed by atoms with Crippen LogP contribution in [-0.2, 0) is 0 Å². The molecule has 0 bridgehead atoms. The van der Waals surface area contributed by atoms with Crippen LogP contribution >= 0.6 is 0 Å². The smallest absolute Gasteiger partial charge is 0.132 e. The average molecular weight is 237 g/mol. The molecular weight excluding hydrogens is 229 g/mol. The summed E-state index contributed by atoms with van der Waals surface area (Å²) >= 11 is 0. The van der Waals surface area contributed by atoms with E-state index in [1.165, 1.54) is 6.07 Å². The van der Waals surface area contributed by atoms with Gasteiger partial charge in [-0.2, -0.15) is 5.26 Å². The van der Waals surface area contributed by atoms with Crippen LogP contribution in [0.5, 0.6) is 0 Å². The number of nitrogens with one attached hydrogen (secondary N) is 1. The summed E-state index contributed by atoms with van der Waals surface area (Å²) in [6, 6.07) is 10.2. The van der Waals surface area contributed by atoms with Crippen molar-refractivity contribution in [2.45, 2.75) is 0 Å². The topological polar surface area (TPSA) is 52.5 Å². The number of fused-ring (bicyclic) bond motifs is 1. The highest BCUT2D eigenvalue weighted by atomic mass is 19.1. The third kappa shape index (κ3) is 1.45. The number of rotatable bonds is 1. The number of nitrogens with zero attached hydrogens (tertiary/aromatic N) is 2. The van der Waals surface area contributed by atoms with Gasteiger partial charge in [0.05, 0.1) is 17.0 Å². The largest absolute Gasteiger partial charge is 0.366 e. The van der Waals surface area contributed by atoms with Crippen LogP contribution in [0, 0.1) is 17.1 Å². The molecule has 86 valence electrons. The lowest BCUT2D eigenvalue weighted by Crippen LogP contribution is -1.85. The maximum Gasteiger partial charge on any atom is 0.132 e. The van der Waals surface area contributed by atoms with E-state index >= 15 is 0 Å². The second-order valence-electron chi connectivity index (χ2n) is 3.87. The van der Waals surface area contributed by atoms with Crippen LogP contribution in [0.4, 0.5) is 4.39 Å². The Morgan fingerprint density at radius 3 is 2.78 bits per heavy atom. The first-order valence-electron chi connectivity index (χ1n) is 5.43. The highest BCUT2D eigenvalue weighted by molar-refractivity contribution is 5.82. The predicted molar refractivity (Wildman–Crippen MR) is 65.3 cm³/mol. The van der Waals surface area contributed by atoms with E-state index in [-0.39, 0.29) is 5.82 Å². The van der Waals surface area contributed by atoms with Crippen LogP contribution in [0.15, 0.2) is 42.7 Å². The molecule has 4 heteroatoms. The summed E-state index contributed by atoms with van der Waals surface area (Å²) in [4.78, 5) is 7.22. The molecule has 0 amide bonds. The molecule has 0 atom stereocenters. The van der Waals surface area contributed by atoms with Gasteiger partial charge in [0.2, 0.25) is 0 Å². The number of benzene rings is 1. The second kappa shape index (κ2) is 3.97. The van der Waals surface area contributed by atoms with Crippen molar-refractivity contribution < 1.29 is 4.39 Å². The van der Waals surface area contributed by atoms with Crippen LogP contribution in [0.2, 0.25) is 0 Å². The zero-order chi connectivity index (χ0) is 12.5. The third-order valence-electron chi connectivity index (χ3n) is 2.82. The molecule has 0 spiro atoms. The molecule has 0 saturated carbocycles. The Balaban J connectivity index is 2.34. The van der Waals surface area contributed by atoms with Gasteiger partial charge >= 0.3 is 0 Å².